The molecule has 0 aromatic carbocycles. The van der Waals surface area contributed by atoms with Gasteiger partial charge < -0.3 is 25.6 Å². The van der Waals surface area contributed by atoms with Crippen molar-refractivity contribution in [3.63, 3.8) is 0 Å². The molecule has 6 nitrogen and oxygen atoms in total. The van der Waals surface area contributed by atoms with E-state index < -0.39 is 12.5 Å². The number of carbonyl (C=O) groups is 1. The minimum Gasteiger partial charge on any atom is -0.366 e. The standard InChI is InChI=1S/C5H10N2O4/c8-4(9)2-11-3-1-6-5(10)7-3/h3-4,8-9H,1-2H2,(H2,6,7,10). The summed E-state index contributed by atoms with van der Waals surface area (Å²) in [7, 11) is 0. The highest BCUT2D eigenvalue weighted by Crippen LogP contribution is 1.93. The lowest BCUT2D eigenvalue weighted by Gasteiger charge is -2.10. The Morgan fingerprint density at radius 3 is 2.91 bits per heavy atom. The van der Waals surface area contributed by atoms with Gasteiger partial charge in [-0.1, -0.05) is 0 Å². The Morgan fingerprint density at radius 1 is 1.73 bits per heavy atom. The fraction of sp³-hybridized carbons (Fsp3) is 0.800. The molecule has 0 radical (unpaired) electrons. The zero-order chi connectivity index (χ0) is 8.27. The van der Waals surface area contributed by atoms with Crippen molar-refractivity contribution in [2.45, 2.75) is 12.5 Å². The van der Waals surface area contributed by atoms with Crippen LogP contribution in [0.2, 0.25) is 0 Å². The molecule has 0 aromatic heterocycles. The van der Waals surface area contributed by atoms with Gasteiger partial charge in [0.1, 0.15) is 6.23 Å². The van der Waals surface area contributed by atoms with Crippen molar-refractivity contribution >= 4 is 6.03 Å². The van der Waals surface area contributed by atoms with Crippen molar-refractivity contribution in [3.8, 4) is 0 Å². The van der Waals surface area contributed by atoms with Crippen LogP contribution in [0.15, 0.2) is 0 Å². The number of amides is 2. The number of aliphatic hydroxyl groups excluding tert-OH is 1. The van der Waals surface area contributed by atoms with E-state index in [2.05, 4.69) is 10.6 Å². The zero-order valence-electron chi connectivity index (χ0n) is 5.78. The molecule has 11 heavy (non-hydrogen) atoms. The summed E-state index contributed by atoms with van der Waals surface area (Å²) in [5, 5.41) is 21.6. The van der Waals surface area contributed by atoms with E-state index in [1.54, 1.807) is 0 Å². The third kappa shape index (κ3) is 2.71. The SMILES string of the molecule is O=C1NCC(OCC(O)O)N1. The number of urea groups is 1. The number of nitrogens with one attached hydrogen (secondary N) is 2. The van der Waals surface area contributed by atoms with Gasteiger partial charge in [0.15, 0.2) is 6.29 Å². The Bertz CT molecular complexity index is 149. The summed E-state index contributed by atoms with van der Waals surface area (Å²) >= 11 is 0. The molecule has 1 saturated heterocycles. The Kier molecular flexibility index (Phi) is 2.64. The third-order valence-corrected chi connectivity index (χ3v) is 1.19. The van der Waals surface area contributed by atoms with Crippen LogP contribution in [-0.2, 0) is 4.74 Å². The molecular formula is C5H10N2O4. The van der Waals surface area contributed by atoms with E-state index in [0.717, 1.165) is 0 Å². The van der Waals surface area contributed by atoms with Gasteiger partial charge >= 0.3 is 6.03 Å². The quantitative estimate of drug-likeness (QED) is 0.359. The zero-order valence-corrected chi connectivity index (χ0v) is 5.78. The van der Waals surface area contributed by atoms with Crippen molar-refractivity contribution in [1.29, 1.82) is 0 Å². The topological polar surface area (TPSA) is 90.8 Å². The molecular weight excluding hydrogens is 152 g/mol. The molecule has 1 unspecified atom stereocenters. The number of rotatable bonds is 3. The first-order valence-corrected chi connectivity index (χ1v) is 3.20. The molecule has 0 spiro atoms. The molecule has 1 aliphatic rings. The van der Waals surface area contributed by atoms with Gasteiger partial charge in [0.25, 0.3) is 0 Å². The highest BCUT2D eigenvalue weighted by Gasteiger charge is 2.20. The highest BCUT2D eigenvalue weighted by molar-refractivity contribution is 5.76. The average molecular weight is 162 g/mol. The van der Waals surface area contributed by atoms with E-state index in [0.29, 0.717) is 6.54 Å². The van der Waals surface area contributed by atoms with Crippen molar-refractivity contribution in [3.05, 3.63) is 0 Å². The minimum atomic E-state index is -1.49. The van der Waals surface area contributed by atoms with Crippen LogP contribution < -0.4 is 10.6 Å². The maximum atomic E-state index is 10.5. The molecule has 1 rings (SSSR count). The second-order valence-corrected chi connectivity index (χ2v) is 2.16. The van der Waals surface area contributed by atoms with Gasteiger partial charge in [-0.2, -0.15) is 0 Å². The largest absolute Gasteiger partial charge is 0.366 e. The van der Waals surface area contributed by atoms with Crippen LogP contribution in [0, 0.1) is 0 Å². The Labute approximate surface area is 63.2 Å². The molecule has 1 heterocycles. The van der Waals surface area contributed by atoms with Gasteiger partial charge in [-0.05, 0) is 0 Å². The van der Waals surface area contributed by atoms with Crippen LogP contribution >= 0.6 is 0 Å². The lowest BCUT2D eigenvalue weighted by Crippen LogP contribution is -2.32. The van der Waals surface area contributed by atoms with E-state index in [1.807, 2.05) is 0 Å². The van der Waals surface area contributed by atoms with Gasteiger partial charge in [-0.3, -0.25) is 0 Å². The summed E-state index contributed by atoms with van der Waals surface area (Å²) in [6.07, 6.45) is -1.95. The van der Waals surface area contributed by atoms with Gasteiger partial charge in [-0.25, -0.2) is 4.79 Å². The summed E-state index contributed by atoms with van der Waals surface area (Å²) in [4.78, 5) is 10.5. The minimum absolute atomic E-state index is 0.202. The first-order chi connectivity index (χ1) is 5.18. The first kappa shape index (κ1) is 8.25. The number of carbonyl (C=O) groups excluding carboxylic acids is 1. The van der Waals surface area contributed by atoms with Crippen LogP contribution in [0.3, 0.4) is 0 Å². The molecule has 0 saturated carbocycles. The highest BCUT2D eigenvalue weighted by atomic mass is 16.6. The third-order valence-electron chi connectivity index (χ3n) is 1.19. The molecule has 1 aliphatic heterocycles. The number of hydrogen-bond donors (Lipinski definition) is 4. The lowest BCUT2D eigenvalue weighted by atomic mass is 10.6. The second kappa shape index (κ2) is 3.51. The Hall–Kier alpha value is -0.850. The van der Waals surface area contributed by atoms with E-state index >= 15 is 0 Å². The molecule has 1 fully saturated rings. The van der Waals surface area contributed by atoms with Crippen LogP contribution in [0.25, 0.3) is 0 Å². The van der Waals surface area contributed by atoms with Crippen molar-refractivity contribution in [2.24, 2.45) is 0 Å². The molecule has 6 heteroatoms. The maximum absolute atomic E-state index is 10.5. The van der Waals surface area contributed by atoms with E-state index in [-0.39, 0.29) is 12.6 Å². The van der Waals surface area contributed by atoms with Crippen LogP contribution in [0.5, 0.6) is 0 Å². The molecule has 1 atom stereocenters. The van der Waals surface area contributed by atoms with Gasteiger partial charge in [-0.15, -0.1) is 0 Å². The van der Waals surface area contributed by atoms with Crippen molar-refractivity contribution in [2.75, 3.05) is 13.2 Å². The first-order valence-electron chi connectivity index (χ1n) is 3.20. The van der Waals surface area contributed by atoms with Crippen molar-refractivity contribution in [1.82, 2.24) is 10.6 Å². The van der Waals surface area contributed by atoms with Crippen LogP contribution in [-0.4, -0.2) is 41.9 Å². The van der Waals surface area contributed by atoms with E-state index in [9.17, 15) is 4.79 Å². The Morgan fingerprint density at radius 2 is 2.45 bits per heavy atom. The number of aliphatic hydroxyl groups is 2. The molecule has 2 amide bonds. The van der Waals surface area contributed by atoms with Crippen LogP contribution in [0.4, 0.5) is 4.79 Å². The van der Waals surface area contributed by atoms with Crippen LogP contribution in [0.1, 0.15) is 0 Å². The molecule has 0 aliphatic carbocycles. The normalized spacial score (nSPS) is 23.5. The number of hydrogen-bond acceptors (Lipinski definition) is 4. The molecule has 64 valence electrons. The predicted molar refractivity (Wildman–Crippen MR) is 34.5 cm³/mol. The fourth-order valence-corrected chi connectivity index (χ4v) is 0.736. The predicted octanol–water partition coefficient (Wildman–Crippen LogP) is -2.05. The summed E-state index contributed by atoms with van der Waals surface area (Å²) in [6, 6.07) is -0.303. The summed E-state index contributed by atoms with van der Waals surface area (Å²) in [5.74, 6) is 0. The second-order valence-electron chi connectivity index (χ2n) is 2.16. The number of ether oxygens (including phenoxy) is 1. The molecule has 0 aromatic rings. The van der Waals surface area contributed by atoms with Gasteiger partial charge in [0.2, 0.25) is 0 Å². The average Bonchev–Trinajstić information content (AvgIpc) is 2.31. The van der Waals surface area contributed by atoms with Crippen molar-refractivity contribution < 1.29 is 19.7 Å². The van der Waals surface area contributed by atoms with E-state index in [1.165, 1.54) is 0 Å². The van der Waals surface area contributed by atoms with Gasteiger partial charge in [0, 0.05) is 0 Å². The molecule has 0 bridgehead atoms. The lowest BCUT2D eigenvalue weighted by molar-refractivity contribution is -0.111. The Balaban J connectivity index is 2.13. The smallest absolute Gasteiger partial charge is 0.317 e. The maximum Gasteiger partial charge on any atom is 0.317 e. The van der Waals surface area contributed by atoms with Gasteiger partial charge in [0.05, 0.1) is 13.2 Å². The van der Waals surface area contributed by atoms with E-state index in [4.69, 9.17) is 14.9 Å². The summed E-state index contributed by atoms with van der Waals surface area (Å²) < 4.78 is 4.84. The summed E-state index contributed by atoms with van der Waals surface area (Å²) in [6.45, 7) is 0.151. The monoisotopic (exact) mass is 162 g/mol. The summed E-state index contributed by atoms with van der Waals surface area (Å²) in [5.41, 5.74) is 0. The molecule has 4 N–H and O–H groups in total. The fourth-order valence-electron chi connectivity index (χ4n) is 0.736.